The van der Waals surface area contributed by atoms with E-state index >= 15 is 0 Å². The molecule has 0 saturated carbocycles. The van der Waals surface area contributed by atoms with Gasteiger partial charge in [0.05, 0.1) is 11.6 Å². The maximum atomic E-state index is 12.5. The van der Waals surface area contributed by atoms with Crippen molar-refractivity contribution >= 4 is 10.8 Å². The Bertz CT molecular complexity index is 626. The molecule has 0 saturated heterocycles. The second kappa shape index (κ2) is 4.31. The SMILES string of the molecule is N#Cc1ccc2cc([C@H](N)C(F)(F)F)ccc2c1. The zero-order valence-corrected chi connectivity index (χ0v) is 9.20. The van der Waals surface area contributed by atoms with E-state index in [2.05, 4.69) is 0 Å². The summed E-state index contributed by atoms with van der Waals surface area (Å²) in [5.41, 5.74) is 5.62. The van der Waals surface area contributed by atoms with Crippen molar-refractivity contribution in [3.63, 3.8) is 0 Å². The standard InChI is InChI=1S/C13H9F3N2/c14-13(15,16)12(18)11-4-3-9-5-8(7-17)1-2-10(9)6-11/h1-6,12H,18H2/t12-/m0/s1. The minimum absolute atomic E-state index is 0.0136. The van der Waals surface area contributed by atoms with Crippen LogP contribution in [0.25, 0.3) is 10.8 Å². The Balaban J connectivity index is 2.49. The molecule has 0 bridgehead atoms. The summed E-state index contributed by atoms with van der Waals surface area (Å²) >= 11 is 0. The van der Waals surface area contributed by atoms with E-state index in [0.29, 0.717) is 16.3 Å². The third-order valence-corrected chi connectivity index (χ3v) is 2.71. The highest BCUT2D eigenvalue weighted by Gasteiger charge is 2.37. The predicted octanol–water partition coefficient (Wildman–Crippen LogP) is 3.27. The highest BCUT2D eigenvalue weighted by molar-refractivity contribution is 5.84. The van der Waals surface area contributed by atoms with Crippen LogP contribution in [0.3, 0.4) is 0 Å². The first-order valence-electron chi connectivity index (χ1n) is 5.18. The van der Waals surface area contributed by atoms with Gasteiger partial charge in [-0.2, -0.15) is 18.4 Å². The highest BCUT2D eigenvalue weighted by atomic mass is 19.4. The maximum absolute atomic E-state index is 12.5. The molecule has 0 aliphatic rings. The van der Waals surface area contributed by atoms with Gasteiger partial charge in [-0.15, -0.1) is 0 Å². The molecular weight excluding hydrogens is 241 g/mol. The average Bonchev–Trinajstić information content (AvgIpc) is 2.35. The summed E-state index contributed by atoms with van der Waals surface area (Å²) in [7, 11) is 0. The second-order valence-corrected chi connectivity index (χ2v) is 3.95. The number of fused-ring (bicyclic) bond motifs is 1. The molecule has 2 N–H and O–H groups in total. The summed E-state index contributed by atoms with van der Waals surface area (Å²) < 4.78 is 37.5. The van der Waals surface area contributed by atoms with Crippen LogP contribution < -0.4 is 5.73 Å². The van der Waals surface area contributed by atoms with Crippen LogP contribution in [-0.2, 0) is 0 Å². The number of hydrogen-bond acceptors (Lipinski definition) is 2. The van der Waals surface area contributed by atoms with Crippen LogP contribution >= 0.6 is 0 Å². The van der Waals surface area contributed by atoms with Gasteiger partial charge in [0, 0.05) is 0 Å². The minimum atomic E-state index is -4.46. The Hall–Kier alpha value is -2.06. The smallest absolute Gasteiger partial charge is 0.316 e. The third-order valence-electron chi connectivity index (χ3n) is 2.71. The molecule has 92 valence electrons. The van der Waals surface area contributed by atoms with Crippen LogP contribution in [0.2, 0.25) is 0 Å². The number of hydrogen-bond donors (Lipinski definition) is 1. The zero-order chi connectivity index (χ0) is 13.3. The fourth-order valence-corrected chi connectivity index (χ4v) is 1.72. The van der Waals surface area contributed by atoms with E-state index in [1.165, 1.54) is 18.2 Å². The molecule has 2 nitrogen and oxygen atoms in total. The van der Waals surface area contributed by atoms with Crippen LogP contribution in [-0.4, -0.2) is 6.18 Å². The van der Waals surface area contributed by atoms with E-state index in [-0.39, 0.29) is 5.56 Å². The molecule has 0 radical (unpaired) electrons. The number of halogens is 3. The van der Waals surface area contributed by atoms with Gasteiger partial charge < -0.3 is 5.73 Å². The molecule has 2 rings (SSSR count). The van der Waals surface area contributed by atoms with Crippen molar-refractivity contribution in [2.45, 2.75) is 12.2 Å². The summed E-state index contributed by atoms with van der Waals surface area (Å²) in [6, 6.07) is 9.05. The first kappa shape index (κ1) is 12.4. The number of rotatable bonds is 1. The van der Waals surface area contributed by atoms with Crippen molar-refractivity contribution in [2.75, 3.05) is 0 Å². The van der Waals surface area contributed by atoms with Crippen molar-refractivity contribution in [3.05, 3.63) is 47.5 Å². The van der Waals surface area contributed by atoms with Gasteiger partial charge in [0.15, 0.2) is 0 Å². The number of nitrogens with two attached hydrogens (primary N) is 1. The van der Waals surface area contributed by atoms with Crippen LogP contribution in [0.5, 0.6) is 0 Å². The Morgan fingerprint density at radius 2 is 1.67 bits per heavy atom. The molecule has 0 amide bonds. The Labute approximate surface area is 101 Å². The lowest BCUT2D eigenvalue weighted by molar-refractivity contribution is -0.149. The molecule has 2 aromatic carbocycles. The van der Waals surface area contributed by atoms with Gasteiger partial charge in [0.1, 0.15) is 6.04 Å². The fourth-order valence-electron chi connectivity index (χ4n) is 1.72. The van der Waals surface area contributed by atoms with Gasteiger partial charge in [-0.25, -0.2) is 0 Å². The lowest BCUT2D eigenvalue weighted by atomic mass is 10.0. The zero-order valence-electron chi connectivity index (χ0n) is 9.20. The minimum Gasteiger partial charge on any atom is -0.316 e. The largest absolute Gasteiger partial charge is 0.407 e. The van der Waals surface area contributed by atoms with Crippen molar-refractivity contribution in [1.29, 1.82) is 5.26 Å². The van der Waals surface area contributed by atoms with Crippen molar-refractivity contribution < 1.29 is 13.2 Å². The van der Waals surface area contributed by atoms with E-state index < -0.39 is 12.2 Å². The molecule has 18 heavy (non-hydrogen) atoms. The quantitative estimate of drug-likeness (QED) is 0.844. The summed E-state index contributed by atoms with van der Waals surface area (Å²) in [6.07, 6.45) is -4.46. The topological polar surface area (TPSA) is 49.8 Å². The lowest BCUT2D eigenvalue weighted by Gasteiger charge is -2.16. The monoisotopic (exact) mass is 250 g/mol. The van der Waals surface area contributed by atoms with Gasteiger partial charge in [0.2, 0.25) is 0 Å². The summed E-state index contributed by atoms with van der Waals surface area (Å²) in [4.78, 5) is 0. The van der Waals surface area contributed by atoms with Crippen LogP contribution in [0.4, 0.5) is 13.2 Å². The summed E-state index contributed by atoms with van der Waals surface area (Å²) in [5.74, 6) is 0. The van der Waals surface area contributed by atoms with Crippen LogP contribution in [0.1, 0.15) is 17.2 Å². The van der Waals surface area contributed by atoms with Gasteiger partial charge in [0.25, 0.3) is 0 Å². The number of alkyl halides is 3. The molecule has 0 aliphatic heterocycles. The number of benzene rings is 2. The molecule has 0 unspecified atom stereocenters. The van der Waals surface area contributed by atoms with Gasteiger partial charge >= 0.3 is 6.18 Å². The molecule has 0 fully saturated rings. The molecule has 0 spiro atoms. The molecule has 0 aliphatic carbocycles. The Morgan fingerprint density at radius 1 is 1.06 bits per heavy atom. The van der Waals surface area contributed by atoms with Gasteiger partial charge in [-0.05, 0) is 34.5 Å². The van der Waals surface area contributed by atoms with Crippen molar-refractivity contribution in [3.8, 4) is 6.07 Å². The number of nitriles is 1. The molecular formula is C13H9F3N2. The van der Waals surface area contributed by atoms with E-state index in [1.54, 1.807) is 18.2 Å². The molecule has 0 heterocycles. The molecule has 2 aromatic rings. The Kier molecular flexibility index (Phi) is 2.97. The van der Waals surface area contributed by atoms with Crippen LogP contribution in [0, 0.1) is 11.3 Å². The van der Waals surface area contributed by atoms with E-state index in [9.17, 15) is 13.2 Å². The van der Waals surface area contributed by atoms with Crippen molar-refractivity contribution in [2.24, 2.45) is 5.73 Å². The second-order valence-electron chi connectivity index (χ2n) is 3.95. The van der Waals surface area contributed by atoms with E-state index in [4.69, 9.17) is 11.0 Å². The lowest BCUT2D eigenvalue weighted by Crippen LogP contribution is -2.28. The highest BCUT2D eigenvalue weighted by Crippen LogP contribution is 2.31. The Morgan fingerprint density at radius 3 is 2.28 bits per heavy atom. The van der Waals surface area contributed by atoms with Crippen molar-refractivity contribution in [1.82, 2.24) is 0 Å². The maximum Gasteiger partial charge on any atom is 0.407 e. The van der Waals surface area contributed by atoms with E-state index in [0.717, 1.165) is 0 Å². The van der Waals surface area contributed by atoms with Gasteiger partial charge in [-0.3, -0.25) is 0 Å². The van der Waals surface area contributed by atoms with Gasteiger partial charge in [-0.1, -0.05) is 18.2 Å². The van der Waals surface area contributed by atoms with Crippen LogP contribution in [0.15, 0.2) is 36.4 Å². The fraction of sp³-hybridized carbons (Fsp3) is 0.154. The first-order valence-corrected chi connectivity index (χ1v) is 5.18. The average molecular weight is 250 g/mol. The van der Waals surface area contributed by atoms with E-state index in [1.807, 2.05) is 6.07 Å². The number of nitrogens with zero attached hydrogens (tertiary/aromatic N) is 1. The first-order chi connectivity index (χ1) is 8.41. The normalized spacial score (nSPS) is 13.3. The molecule has 5 heteroatoms. The summed E-state index contributed by atoms with van der Waals surface area (Å²) in [5, 5.41) is 10.1. The third kappa shape index (κ3) is 2.29. The molecule has 1 atom stereocenters. The summed E-state index contributed by atoms with van der Waals surface area (Å²) in [6.45, 7) is 0. The predicted molar refractivity (Wildman–Crippen MR) is 61.6 cm³/mol. The molecule has 0 aromatic heterocycles.